The smallest absolute Gasteiger partial charge is 0.255 e. The fourth-order valence-corrected chi connectivity index (χ4v) is 3.04. The minimum Gasteiger partial charge on any atom is -0.337 e. The second-order valence-corrected chi connectivity index (χ2v) is 6.12. The first-order valence-electron chi connectivity index (χ1n) is 6.09. The lowest BCUT2D eigenvalue weighted by Gasteiger charge is -2.18. The summed E-state index contributed by atoms with van der Waals surface area (Å²) >= 11 is 7.65. The van der Waals surface area contributed by atoms with Crippen molar-refractivity contribution in [1.82, 2.24) is 4.90 Å². The summed E-state index contributed by atoms with van der Waals surface area (Å²) in [4.78, 5) is 15.2. The van der Waals surface area contributed by atoms with Crippen LogP contribution in [0.25, 0.3) is 0 Å². The molecule has 1 fully saturated rings. The van der Waals surface area contributed by atoms with Crippen molar-refractivity contribution in [3.8, 4) is 0 Å². The van der Waals surface area contributed by atoms with E-state index in [0.717, 1.165) is 23.6 Å². The first kappa shape index (κ1) is 13.7. The molecule has 3 nitrogen and oxygen atoms in total. The Morgan fingerprint density at radius 2 is 2.39 bits per heavy atom. The van der Waals surface area contributed by atoms with E-state index in [4.69, 9.17) is 17.3 Å². The molecule has 18 heavy (non-hydrogen) atoms. The molecule has 5 heteroatoms. The number of hydrogen-bond acceptors (Lipinski definition) is 3. The molecule has 0 aromatic heterocycles. The van der Waals surface area contributed by atoms with E-state index in [-0.39, 0.29) is 11.9 Å². The van der Waals surface area contributed by atoms with Gasteiger partial charge in [0.15, 0.2) is 0 Å². The fourth-order valence-electron chi connectivity index (χ4n) is 2.09. The normalized spacial score (nSPS) is 19.3. The molecular weight excluding hydrogens is 268 g/mol. The zero-order valence-electron chi connectivity index (χ0n) is 10.4. The van der Waals surface area contributed by atoms with Gasteiger partial charge in [-0.1, -0.05) is 18.5 Å². The zero-order valence-corrected chi connectivity index (χ0v) is 11.9. The molecule has 2 N–H and O–H groups in total. The van der Waals surface area contributed by atoms with Crippen molar-refractivity contribution < 1.29 is 4.79 Å². The average Bonchev–Trinajstić information content (AvgIpc) is 2.77. The number of carbonyl (C=O) groups excluding carboxylic acids is 1. The monoisotopic (exact) mass is 284 g/mol. The van der Waals surface area contributed by atoms with Gasteiger partial charge in [0.05, 0.1) is 5.56 Å². The number of thioether (sulfide) groups is 1. The van der Waals surface area contributed by atoms with Crippen LogP contribution in [0.5, 0.6) is 0 Å². The first-order chi connectivity index (χ1) is 8.61. The maximum atomic E-state index is 12.4. The maximum Gasteiger partial charge on any atom is 0.255 e. The van der Waals surface area contributed by atoms with Gasteiger partial charge < -0.3 is 10.6 Å². The number of rotatable bonds is 3. The van der Waals surface area contributed by atoms with Crippen LogP contribution >= 0.6 is 23.4 Å². The van der Waals surface area contributed by atoms with E-state index in [1.54, 1.807) is 17.8 Å². The molecule has 1 aliphatic heterocycles. The highest BCUT2D eigenvalue weighted by molar-refractivity contribution is 7.99. The third-order valence-electron chi connectivity index (χ3n) is 2.98. The van der Waals surface area contributed by atoms with Crippen molar-refractivity contribution in [2.75, 3.05) is 18.8 Å². The molecule has 1 aliphatic rings. The summed E-state index contributed by atoms with van der Waals surface area (Å²) in [5.41, 5.74) is 6.54. The summed E-state index contributed by atoms with van der Waals surface area (Å²) in [5, 5.41) is 0.599. The number of likely N-dealkylation sites (tertiary alicyclic amines) is 1. The van der Waals surface area contributed by atoms with E-state index in [2.05, 4.69) is 6.92 Å². The van der Waals surface area contributed by atoms with Gasteiger partial charge in [-0.3, -0.25) is 4.79 Å². The molecule has 1 aromatic carbocycles. The number of carbonyl (C=O) groups is 1. The van der Waals surface area contributed by atoms with Crippen LogP contribution in [0.15, 0.2) is 23.1 Å². The van der Waals surface area contributed by atoms with Crippen molar-refractivity contribution in [2.45, 2.75) is 24.3 Å². The van der Waals surface area contributed by atoms with Crippen LogP contribution in [-0.2, 0) is 0 Å². The summed E-state index contributed by atoms with van der Waals surface area (Å²) < 4.78 is 0. The Kier molecular flexibility index (Phi) is 4.54. The summed E-state index contributed by atoms with van der Waals surface area (Å²) in [6.45, 7) is 3.45. The maximum absolute atomic E-state index is 12.4. The van der Waals surface area contributed by atoms with E-state index in [9.17, 15) is 4.79 Å². The van der Waals surface area contributed by atoms with E-state index < -0.39 is 0 Å². The Morgan fingerprint density at radius 1 is 1.61 bits per heavy atom. The molecule has 0 spiro atoms. The van der Waals surface area contributed by atoms with Crippen molar-refractivity contribution in [2.24, 2.45) is 5.73 Å². The van der Waals surface area contributed by atoms with Crippen molar-refractivity contribution >= 4 is 29.3 Å². The minimum atomic E-state index is 0.0430. The molecular formula is C13H17ClN2OS. The van der Waals surface area contributed by atoms with Gasteiger partial charge >= 0.3 is 0 Å². The molecule has 2 rings (SSSR count). The molecule has 1 saturated heterocycles. The lowest BCUT2D eigenvalue weighted by Crippen LogP contribution is -2.32. The number of hydrogen-bond donors (Lipinski definition) is 1. The molecule has 0 aliphatic carbocycles. The van der Waals surface area contributed by atoms with Crippen molar-refractivity contribution in [1.29, 1.82) is 0 Å². The molecule has 1 amide bonds. The fraction of sp³-hybridized carbons (Fsp3) is 0.462. The first-order valence-corrected chi connectivity index (χ1v) is 7.45. The number of nitrogens with zero attached hydrogens (tertiary/aromatic N) is 1. The van der Waals surface area contributed by atoms with Crippen LogP contribution in [0.3, 0.4) is 0 Å². The Bertz CT molecular complexity index is 453. The van der Waals surface area contributed by atoms with Gasteiger partial charge in [0.1, 0.15) is 0 Å². The number of benzene rings is 1. The molecule has 0 radical (unpaired) electrons. The third kappa shape index (κ3) is 2.99. The number of halogens is 1. The number of nitrogens with two attached hydrogens (primary N) is 1. The molecule has 0 saturated carbocycles. The summed E-state index contributed by atoms with van der Waals surface area (Å²) in [6.07, 6.45) is 0.878. The summed E-state index contributed by atoms with van der Waals surface area (Å²) in [5.74, 6) is 0.975. The van der Waals surface area contributed by atoms with Crippen LogP contribution in [0.1, 0.15) is 23.7 Å². The van der Waals surface area contributed by atoms with Crippen molar-refractivity contribution in [3.63, 3.8) is 0 Å². The minimum absolute atomic E-state index is 0.0430. The van der Waals surface area contributed by atoms with Gasteiger partial charge in [-0.2, -0.15) is 0 Å². The van der Waals surface area contributed by atoms with Gasteiger partial charge in [0.2, 0.25) is 0 Å². The van der Waals surface area contributed by atoms with Crippen LogP contribution in [0, 0.1) is 0 Å². The molecule has 0 bridgehead atoms. The van der Waals surface area contributed by atoms with Gasteiger partial charge in [-0.25, -0.2) is 0 Å². The van der Waals surface area contributed by atoms with E-state index in [1.165, 1.54) is 0 Å². The number of amides is 1. The zero-order chi connectivity index (χ0) is 13.1. The standard InChI is InChI=1S/C13H17ClN2OS/c1-2-18-12-4-3-9(14)7-11(12)13(17)16-6-5-10(15)8-16/h3-4,7,10H,2,5-6,8,15H2,1H3/t10-/m1/s1. The lowest BCUT2D eigenvalue weighted by atomic mass is 10.2. The van der Waals surface area contributed by atoms with Crippen LogP contribution < -0.4 is 5.73 Å². The van der Waals surface area contributed by atoms with Gasteiger partial charge in [-0.15, -0.1) is 11.8 Å². The van der Waals surface area contributed by atoms with Gasteiger partial charge in [0, 0.05) is 29.0 Å². The molecule has 98 valence electrons. The predicted molar refractivity (Wildman–Crippen MR) is 76.3 cm³/mol. The van der Waals surface area contributed by atoms with E-state index in [0.29, 0.717) is 17.1 Å². The SMILES string of the molecule is CCSc1ccc(Cl)cc1C(=O)N1CC[C@@H](N)C1. The Morgan fingerprint density at radius 3 is 3.00 bits per heavy atom. The van der Waals surface area contributed by atoms with Crippen LogP contribution in [0.4, 0.5) is 0 Å². The quantitative estimate of drug-likeness (QED) is 0.868. The van der Waals surface area contributed by atoms with Gasteiger partial charge in [-0.05, 0) is 30.4 Å². The molecule has 1 heterocycles. The highest BCUT2D eigenvalue weighted by Gasteiger charge is 2.26. The topological polar surface area (TPSA) is 46.3 Å². The van der Waals surface area contributed by atoms with Gasteiger partial charge in [0.25, 0.3) is 5.91 Å². The van der Waals surface area contributed by atoms with Crippen LogP contribution in [0.2, 0.25) is 5.02 Å². The predicted octanol–water partition coefficient (Wildman–Crippen LogP) is 2.63. The van der Waals surface area contributed by atoms with Crippen molar-refractivity contribution in [3.05, 3.63) is 28.8 Å². The molecule has 0 unspecified atom stereocenters. The third-order valence-corrected chi connectivity index (χ3v) is 4.17. The second-order valence-electron chi connectivity index (χ2n) is 4.37. The highest BCUT2D eigenvalue weighted by atomic mass is 35.5. The second kappa shape index (κ2) is 5.95. The van der Waals surface area contributed by atoms with E-state index in [1.807, 2.05) is 17.0 Å². The lowest BCUT2D eigenvalue weighted by molar-refractivity contribution is 0.0787. The average molecular weight is 285 g/mol. The van der Waals surface area contributed by atoms with E-state index >= 15 is 0 Å². The molecule has 1 atom stereocenters. The highest BCUT2D eigenvalue weighted by Crippen LogP contribution is 2.27. The Balaban J connectivity index is 2.25. The summed E-state index contributed by atoms with van der Waals surface area (Å²) in [6, 6.07) is 5.60. The Labute approximate surface area is 117 Å². The summed E-state index contributed by atoms with van der Waals surface area (Å²) in [7, 11) is 0. The molecule has 1 aromatic rings. The van der Waals surface area contributed by atoms with Crippen LogP contribution in [-0.4, -0.2) is 35.7 Å². The Hall–Kier alpha value is -0.710. The largest absolute Gasteiger partial charge is 0.337 e.